The number of carbonyl (C=O) groups is 2. The SMILES string of the molecule is CCCCCCCCCCCC(=O)N1C[C@H](O)C[C@H]1C(=O)O. The normalized spacial score (nSPS) is 21.3. The van der Waals surface area contributed by atoms with Crippen molar-refractivity contribution in [2.45, 2.75) is 89.7 Å². The number of aliphatic carboxylic acids is 1. The number of likely N-dealkylation sites (tertiary alicyclic amines) is 1. The molecule has 0 aromatic carbocycles. The van der Waals surface area contributed by atoms with Gasteiger partial charge in [0.1, 0.15) is 6.04 Å². The number of unbranched alkanes of at least 4 members (excludes halogenated alkanes) is 8. The summed E-state index contributed by atoms with van der Waals surface area (Å²) >= 11 is 0. The molecular weight excluding hydrogens is 282 g/mol. The molecule has 128 valence electrons. The Morgan fingerprint density at radius 2 is 1.55 bits per heavy atom. The van der Waals surface area contributed by atoms with E-state index in [0.717, 1.165) is 19.3 Å². The highest BCUT2D eigenvalue weighted by atomic mass is 16.4. The molecule has 1 aliphatic heterocycles. The zero-order valence-corrected chi connectivity index (χ0v) is 13.8. The van der Waals surface area contributed by atoms with E-state index in [1.807, 2.05) is 0 Å². The van der Waals surface area contributed by atoms with Crippen molar-refractivity contribution in [3.05, 3.63) is 0 Å². The molecular formula is C17H31NO4. The second kappa shape index (κ2) is 10.6. The van der Waals surface area contributed by atoms with Crippen molar-refractivity contribution >= 4 is 11.9 Å². The molecule has 0 bridgehead atoms. The molecule has 1 aliphatic rings. The summed E-state index contributed by atoms with van der Waals surface area (Å²) in [6.07, 6.45) is 10.5. The number of nitrogens with zero attached hydrogens (tertiary/aromatic N) is 1. The van der Waals surface area contributed by atoms with Gasteiger partial charge in [-0.1, -0.05) is 58.3 Å². The Bertz CT molecular complexity index is 346. The first-order valence-electron chi connectivity index (χ1n) is 8.76. The summed E-state index contributed by atoms with van der Waals surface area (Å²) in [6.45, 7) is 2.37. The van der Waals surface area contributed by atoms with Gasteiger partial charge in [0.25, 0.3) is 0 Å². The lowest BCUT2D eigenvalue weighted by molar-refractivity contribution is -0.148. The van der Waals surface area contributed by atoms with E-state index < -0.39 is 18.1 Å². The van der Waals surface area contributed by atoms with Crippen LogP contribution in [0.15, 0.2) is 0 Å². The molecule has 1 fully saturated rings. The number of carboxylic acid groups (broad SMARTS) is 1. The standard InChI is InChI=1S/C17H31NO4/c1-2-3-4-5-6-7-8-9-10-11-16(20)18-13-14(19)12-15(18)17(21)22/h14-15,19H,2-13H2,1H3,(H,21,22)/t14-,15+/m1/s1. The summed E-state index contributed by atoms with van der Waals surface area (Å²) in [7, 11) is 0. The number of carbonyl (C=O) groups excluding carboxylic acids is 1. The monoisotopic (exact) mass is 313 g/mol. The van der Waals surface area contributed by atoms with Crippen molar-refractivity contribution in [3.8, 4) is 0 Å². The predicted molar refractivity (Wildman–Crippen MR) is 85.6 cm³/mol. The van der Waals surface area contributed by atoms with Crippen molar-refractivity contribution in [1.29, 1.82) is 0 Å². The van der Waals surface area contributed by atoms with Crippen LogP contribution in [-0.2, 0) is 9.59 Å². The summed E-state index contributed by atoms with van der Waals surface area (Å²) in [5.74, 6) is -1.15. The largest absolute Gasteiger partial charge is 0.480 e. The molecule has 2 atom stereocenters. The molecule has 5 nitrogen and oxygen atoms in total. The van der Waals surface area contributed by atoms with Crippen molar-refractivity contribution in [1.82, 2.24) is 4.90 Å². The van der Waals surface area contributed by atoms with E-state index in [4.69, 9.17) is 5.11 Å². The van der Waals surface area contributed by atoms with Crippen molar-refractivity contribution in [3.63, 3.8) is 0 Å². The predicted octanol–water partition coefficient (Wildman–Crippen LogP) is 2.95. The quantitative estimate of drug-likeness (QED) is 0.575. The molecule has 22 heavy (non-hydrogen) atoms. The summed E-state index contributed by atoms with van der Waals surface area (Å²) in [5, 5.41) is 18.6. The first-order valence-corrected chi connectivity index (χ1v) is 8.76. The average Bonchev–Trinajstić information content (AvgIpc) is 2.87. The highest BCUT2D eigenvalue weighted by Gasteiger charge is 2.38. The molecule has 1 rings (SSSR count). The summed E-state index contributed by atoms with van der Waals surface area (Å²) in [5.41, 5.74) is 0. The third-order valence-corrected chi connectivity index (χ3v) is 4.38. The first kappa shape index (κ1) is 18.9. The molecule has 0 radical (unpaired) electrons. The third-order valence-electron chi connectivity index (χ3n) is 4.38. The average molecular weight is 313 g/mol. The molecule has 5 heteroatoms. The second-order valence-corrected chi connectivity index (χ2v) is 6.37. The molecule has 1 saturated heterocycles. The Morgan fingerprint density at radius 3 is 2.09 bits per heavy atom. The van der Waals surface area contributed by atoms with Gasteiger partial charge in [0.15, 0.2) is 0 Å². The number of rotatable bonds is 11. The minimum atomic E-state index is -1.02. The van der Waals surface area contributed by atoms with Gasteiger partial charge >= 0.3 is 5.97 Å². The number of hydrogen-bond donors (Lipinski definition) is 2. The van der Waals surface area contributed by atoms with Gasteiger partial charge in [-0.25, -0.2) is 4.79 Å². The van der Waals surface area contributed by atoms with Gasteiger partial charge in [0.05, 0.1) is 6.10 Å². The van der Waals surface area contributed by atoms with E-state index in [1.165, 1.54) is 43.4 Å². The van der Waals surface area contributed by atoms with Gasteiger partial charge in [-0.15, -0.1) is 0 Å². The van der Waals surface area contributed by atoms with Crippen LogP contribution in [0.3, 0.4) is 0 Å². The second-order valence-electron chi connectivity index (χ2n) is 6.37. The molecule has 1 heterocycles. The fourth-order valence-corrected chi connectivity index (χ4v) is 3.05. The van der Waals surface area contributed by atoms with E-state index in [9.17, 15) is 14.7 Å². The van der Waals surface area contributed by atoms with Gasteiger partial charge in [0.2, 0.25) is 5.91 Å². The number of hydrogen-bond acceptors (Lipinski definition) is 3. The first-order chi connectivity index (χ1) is 10.6. The molecule has 0 aliphatic carbocycles. The van der Waals surface area contributed by atoms with Crippen LogP contribution in [0.5, 0.6) is 0 Å². The number of aliphatic hydroxyl groups is 1. The van der Waals surface area contributed by atoms with Crippen LogP contribution in [0.25, 0.3) is 0 Å². The lowest BCUT2D eigenvalue weighted by Gasteiger charge is -2.21. The Labute approximate surface area is 133 Å². The van der Waals surface area contributed by atoms with Crippen LogP contribution in [-0.4, -0.2) is 45.7 Å². The zero-order chi connectivity index (χ0) is 16.4. The van der Waals surface area contributed by atoms with Gasteiger partial charge in [0, 0.05) is 19.4 Å². The summed E-state index contributed by atoms with van der Waals surface area (Å²) in [6, 6.07) is -0.846. The van der Waals surface area contributed by atoms with Crippen LogP contribution in [0.2, 0.25) is 0 Å². The minimum Gasteiger partial charge on any atom is -0.480 e. The van der Waals surface area contributed by atoms with Crippen molar-refractivity contribution in [2.75, 3.05) is 6.54 Å². The van der Waals surface area contributed by atoms with E-state index in [-0.39, 0.29) is 18.9 Å². The Morgan fingerprint density at radius 1 is 1.00 bits per heavy atom. The minimum absolute atomic E-state index is 0.133. The smallest absolute Gasteiger partial charge is 0.326 e. The van der Waals surface area contributed by atoms with E-state index in [2.05, 4.69) is 6.92 Å². The topological polar surface area (TPSA) is 77.8 Å². The number of aliphatic hydroxyl groups excluding tert-OH is 1. The number of β-amino-alcohol motifs (C(OH)–C–C–N with tert-alkyl or cyclic N) is 1. The molecule has 0 spiro atoms. The maximum atomic E-state index is 12.1. The number of amides is 1. The third kappa shape index (κ3) is 6.77. The van der Waals surface area contributed by atoms with Gasteiger partial charge in [-0.3, -0.25) is 4.79 Å². The Hall–Kier alpha value is -1.10. The molecule has 0 unspecified atom stereocenters. The summed E-state index contributed by atoms with van der Waals surface area (Å²) < 4.78 is 0. The maximum absolute atomic E-state index is 12.1. The Balaban J connectivity index is 2.09. The van der Waals surface area contributed by atoms with E-state index in [1.54, 1.807) is 0 Å². The lowest BCUT2D eigenvalue weighted by Crippen LogP contribution is -2.40. The lowest BCUT2D eigenvalue weighted by atomic mass is 10.1. The van der Waals surface area contributed by atoms with Crippen LogP contribution < -0.4 is 0 Å². The maximum Gasteiger partial charge on any atom is 0.326 e. The van der Waals surface area contributed by atoms with E-state index >= 15 is 0 Å². The van der Waals surface area contributed by atoms with Gasteiger partial charge in [-0.2, -0.15) is 0 Å². The molecule has 0 saturated carbocycles. The number of carboxylic acids is 1. The summed E-state index contributed by atoms with van der Waals surface area (Å²) in [4.78, 5) is 24.5. The molecule has 0 aromatic heterocycles. The molecule has 1 amide bonds. The van der Waals surface area contributed by atoms with Crippen molar-refractivity contribution < 1.29 is 19.8 Å². The molecule has 2 N–H and O–H groups in total. The molecule has 0 aromatic rings. The highest BCUT2D eigenvalue weighted by Crippen LogP contribution is 2.20. The fourth-order valence-electron chi connectivity index (χ4n) is 3.05. The van der Waals surface area contributed by atoms with Crippen LogP contribution in [0, 0.1) is 0 Å². The van der Waals surface area contributed by atoms with E-state index in [0.29, 0.717) is 6.42 Å². The zero-order valence-electron chi connectivity index (χ0n) is 13.8. The van der Waals surface area contributed by atoms with Crippen LogP contribution in [0.1, 0.15) is 77.6 Å². The highest BCUT2D eigenvalue weighted by molar-refractivity contribution is 5.84. The Kier molecular flexibility index (Phi) is 9.13. The van der Waals surface area contributed by atoms with Crippen LogP contribution >= 0.6 is 0 Å². The van der Waals surface area contributed by atoms with Gasteiger partial charge in [-0.05, 0) is 6.42 Å². The van der Waals surface area contributed by atoms with Crippen LogP contribution in [0.4, 0.5) is 0 Å². The fraction of sp³-hybridized carbons (Fsp3) is 0.882. The van der Waals surface area contributed by atoms with Crippen molar-refractivity contribution in [2.24, 2.45) is 0 Å². The van der Waals surface area contributed by atoms with Gasteiger partial charge < -0.3 is 15.1 Å².